The summed E-state index contributed by atoms with van der Waals surface area (Å²) >= 11 is 0. The quantitative estimate of drug-likeness (QED) is 0.611. The summed E-state index contributed by atoms with van der Waals surface area (Å²) in [5.74, 6) is 1.32. The number of carbonyl (C=O) groups excluding carboxylic acids is 1. The summed E-state index contributed by atoms with van der Waals surface area (Å²) in [6.07, 6.45) is 4.12. The van der Waals surface area contributed by atoms with Gasteiger partial charge in [-0.3, -0.25) is 9.78 Å². The van der Waals surface area contributed by atoms with Crippen LogP contribution in [0.3, 0.4) is 0 Å². The van der Waals surface area contributed by atoms with Gasteiger partial charge in [0.15, 0.2) is 5.75 Å². The number of hydrogen-bond acceptors (Lipinski definition) is 4. The lowest BCUT2D eigenvalue weighted by molar-refractivity contribution is 0.0939. The molecule has 3 aromatic rings. The van der Waals surface area contributed by atoms with Crippen molar-refractivity contribution >= 4 is 17.3 Å². The highest BCUT2D eigenvalue weighted by molar-refractivity contribution is 5.95. The number of hydrogen-bond donors (Lipinski definition) is 2. The van der Waals surface area contributed by atoms with Crippen LogP contribution in [0.25, 0.3) is 0 Å². The van der Waals surface area contributed by atoms with Crippen LogP contribution in [0.4, 0.5) is 11.4 Å². The minimum Gasteiger partial charge on any atom is -0.455 e. The fourth-order valence-electron chi connectivity index (χ4n) is 2.47. The van der Waals surface area contributed by atoms with E-state index >= 15 is 0 Å². The zero-order valence-corrected chi connectivity index (χ0v) is 15.5. The molecule has 5 heteroatoms. The summed E-state index contributed by atoms with van der Waals surface area (Å²) in [7, 11) is 0. The van der Waals surface area contributed by atoms with Crippen molar-refractivity contribution in [3.05, 3.63) is 78.6 Å². The van der Waals surface area contributed by atoms with Gasteiger partial charge in [-0.2, -0.15) is 0 Å². The predicted molar refractivity (Wildman–Crippen MR) is 108 cm³/mol. The van der Waals surface area contributed by atoms with Crippen LogP contribution in [0.2, 0.25) is 0 Å². The van der Waals surface area contributed by atoms with E-state index in [4.69, 9.17) is 4.74 Å². The molecule has 1 amide bonds. The number of para-hydroxylation sites is 3. The van der Waals surface area contributed by atoms with Gasteiger partial charge < -0.3 is 15.4 Å². The topological polar surface area (TPSA) is 63.2 Å². The fraction of sp³-hybridized carbons (Fsp3) is 0.182. The maximum Gasteiger partial charge on any atom is 0.253 e. The smallest absolute Gasteiger partial charge is 0.253 e. The molecule has 138 valence electrons. The van der Waals surface area contributed by atoms with E-state index < -0.39 is 0 Å². The van der Waals surface area contributed by atoms with E-state index in [1.807, 2.05) is 68.4 Å². The monoisotopic (exact) mass is 361 g/mol. The van der Waals surface area contributed by atoms with E-state index in [1.165, 1.54) is 0 Å². The van der Waals surface area contributed by atoms with Gasteiger partial charge in [-0.05, 0) is 43.7 Å². The molecule has 3 rings (SSSR count). The lowest BCUT2D eigenvalue weighted by atomic mass is 10.2. The van der Waals surface area contributed by atoms with Crippen LogP contribution in [-0.2, 0) is 0 Å². The van der Waals surface area contributed by atoms with Crippen molar-refractivity contribution in [3.63, 3.8) is 0 Å². The van der Waals surface area contributed by atoms with Crippen LogP contribution in [0.15, 0.2) is 73.1 Å². The van der Waals surface area contributed by atoms with Gasteiger partial charge in [0.25, 0.3) is 5.91 Å². The molecule has 1 heterocycles. The Morgan fingerprint density at radius 1 is 1.07 bits per heavy atom. The molecule has 1 atom stereocenters. The molecule has 0 radical (unpaired) electrons. The van der Waals surface area contributed by atoms with Gasteiger partial charge in [-0.25, -0.2) is 0 Å². The summed E-state index contributed by atoms with van der Waals surface area (Å²) in [5, 5.41) is 6.24. The van der Waals surface area contributed by atoms with Crippen LogP contribution < -0.4 is 15.4 Å². The average Bonchev–Trinajstić information content (AvgIpc) is 2.70. The van der Waals surface area contributed by atoms with E-state index in [0.29, 0.717) is 11.3 Å². The maximum atomic E-state index is 12.3. The number of anilines is 2. The molecule has 2 aromatic carbocycles. The van der Waals surface area contributed by atoms with Gasteiger partial charge in [0.1, 0.15) is 5.75 Å². The largest absolute Gasteiger partial charge is 0.455 e. The van der Waals surface area contributed by atoms with Gasteiger partial charge in [0.2, 0.25) is 0 Å². The van der Waals surface area contributed by atoms with E-state index in [9.17, 15) is 4.79 Å². The Kier molecular flexibility index (Phi) is 6.05. The van der Waals surface area contributed by atoms with Crippen LogP contribution in [-0.4, -0.2) is 16.9 Å². The number of amides is 1. The van der Waals surface area contributed by atoms with E-state index in [1.54, 1.807) is 18.5 Å². The van der Waals surface area contributed by atoms with Crippen molar-refractivity contribution < 1.29 is 9.53 Å². The normalized spacial score (nSPS) is 11.5. The van der Waals surface area contributed by atoms with Gasteiger partial charge >= 0.3 is 0 Å². The lowest BCUT2D eigenvalue weighted by Crippen LogP contribution is -2.31. The van der Waals surface area contributed by atoms with E-state index in [-0.39, 0.29) is 11.9 Å². The third-order valence-electron chi connectivity index (χ3n) is 4.13. The first kappa shape index (κ1) is 18.5. The van der Waals surface area contributed by atoms with Crippen molar-refractivity contribution in [3.8, 4) is 11.5 Å². The lowest BCUT2D eigenvalue weighted by Gasteiger charge is -2.14. The second-order valence-electron chi connectivity index (χ2n) is 6.28. The molecule has 0 spiro atoms. The number of nitrogens with zero attached hydrogens (tertiary/aromatic N) is 1. The predicted octanol–water partition coefficient (Wildman–Crippen LogP) is 5.15. The Hall–Kier alpha value is -3.34. The van der Waals surface area contributed by atoms with Crippen molar-refractivity contribution in [2.75, 3.05) is 5.32 Å². The molecule has 0 fully saturated rings. The molecule has 0 saturated heterocycles. The Morgan fingerprint density at radius 2 is 1.81 bits per heavy atom. The summed E-state index contributed by atoms with van der Waals surface area (Å²) in [4.78, 5) is 16.5. The molecule has 27 heavy (non-hydrogen) atoms. The highest BCUT2D eigenvalue weighted by Gasteiger charge is 2.11. The average molecular weight is 361 g/mol. The Morgan fingerprint density at radius 3 is 2.59 bits per heavy atom. The van der Waals surface area contributed by atoms with Crippen LogP contribution in [0.1, 0.15) is 30.6 Å². The summed E-state index contributed by atoms with van der Waals surface area (Å²) in [6, 6.07) is 19.1. The third-order valence-corrected chi connectivity index (χ3v) is 4.13. The molecule has 0 bridgehead atoms. The number of carbonyl (C=O) groups is 1. The van der Waals surface area contributed by atoms with Crippen LogP contribution >= 0.6 is 0 Å². The molecule has 0 saturated carbocycles. The van der Waals surface area contributed by atoms with Crippen molar-refractivity contribution in [2.45, 2.75) is 26.3 Å². The van der Waals surface area contributed by atoms with Gasteiger partial charge in [-0.1, -0.05) is 37.3 Å². The fourth-order valence-corrected chi connectivity index (χ4v) is 2.47. The highest BCUT2D eigenvalue weighted by Crippen LogP contribution is 2.31. The first-order chi connectivity index (χ1) is 13.2. The van der Waals surface area contributed by atoms with Crippen molar-refractivity contribution in [2.24, 2.45) is 0 Å². The number of rotatable bonds is 7. The minimum atomic E-state index is -0.130. The molecule has 0 aliphatic heterocycles. The first-order valence-electron chi connectivity index (χ1n) is 9.00. The number of ether oxygens (including phenoxy) is 1. The van der Waals surface area contributed by atoms with Crippen molar-refractivity contribution in [1.82, 2.24) is 10.3 Å². The third kappa shape index (κ3) is 5.07. The molecular formula is C22H23N3O2. The standard InChI is InChI=1S/C22H23N3O2/c1-3-16(2)24-22(26)17-13-18(15-23-14-17)25-20-11-7-8-12-21(20)27-19-9-5-4-6-10-19/h4-16,25H,3H2,1-2H3,(H,24,26). The van der Waals surface area contributed by atoms with Crippen LogP contribution in [0, 0.1) is 0 Å². The number of benzene rings is 2. The second-order valence-corrected chi connectivity index (χ2v) is 6.28. The highest BCUT2D eigenvalue weighted by atomic mass is 16.5. The molecule has 1 aromatic heterocycles. The molecule has 1 unspecified atom stereocenters. The molecule has 0 aliphatic rings. The molecular weight excluding hydrogens is 338 g/mol. The summed E-state index contributed by atoms with van der Waals surface area (Å²) in [5.41, 5.74) is 2.03. The number of pyridine rings is 1. The minimum absolute atomic E-state index is 0.120. The Bertz CT molecular complexity index is 897. The summed E-state index contributed by atoms with van der Waals surface area (Å²) < 4.78 is 5.96. The molecule has 2 N–H and O–H groups in total. The Balaban J connectivity index is 1.78. The molecule has 5 nitrogen and oxygen atoms in total. The number of aromatic nitrogens is 1. The van der Waals surface area contributed by atoms with E-state index in [0.717, 1.165) is 23.5 Å². The van der Waals surface area contributed by atoms with Gasteiger partial charge in [-0.15, -0.1) is 0 Å². The van der Waals surface area contributed by atoms with Gasteiger partial charge in [0.05, 0.1) is 23.1 Å². The summed E-state index contributed by atoms with van der Waals surface area (Å²) in [6.45, 7) is 4.01. The Labute approximate surface area is 159 Å². The zero-order chi connectivity index (χ0) is 19.1. The SMILES string of the molecule is CCC(C)NC(=O)c1cncc(Nc2ccccc2Oc2ccccc2)c1. The molecule has 0 aliphatic carbocycles. The zero-order valence-electron chi connectivity index (χ0n) is 15.5. The second kappa shape index (κ2) is 8.85. The van der Waals surface area contributed by atoms with Crippen molar-refractivity contribution in [1.29, 1.82) is 0 Å². The van der Waals surface area contributed by atoms with E-state index in [2.05, 4.69) is 15.6 Å². The number of nitrogens with one attached hydrogen (secondary N) is 2. The van der Waals surface area contributed by atoms with Gasteiger partial charge in [0, 0.05) is 12.2 Å². The first-order valence-corrected chi connectivity index (χ1v) is 9.00. The maximum absolute atomic E-state index is 12.3. The van der Waals surface area contributed by atoms with Crippen LogP contribution in [0.5, 0.6) is 11.5 Å².